The van der Waals surface area contributed by atoms with E-state index in [2.05, 4.69) is 50.2 Å². The summed E-state index contributed by atoms with van der Waals surface area (Å²) >= 11 is 0. The fourth-order valence-corrected chi connectivity index (χ4v) is 6.74. The average molecular weight is 641 g/mol. The molecule has 2 unspecified atom stereocenters. The van der Waals surface area contributed by atoms with E-state index >= 15 is 8.78 Å². The molecule has 1 aliphatic rings. The van der Waals surface area contributed by atoms with Crippen LogP contribution in [0.15, 0.2) is 96.8 Å². The Bertz CT molecular complexity index is 1340. The molecule has 3 heteroatoms. The van der Waals surface area contributed by atoms with Crippen molar-refractivity contribution < 1.29 is 13.5 Å². The molecule has 254 valence electrons. The van der Waals surface area contributed by atoms with Crippen LogP contribution in [0, 0.1) is 0 Å². The van der Waals surface area contributed by atoms with Gasteiger partial charge in [-0.1, -0.05) is 195 Å². The van der Waals surface area contributed by atoms with E-state index in [-0.39, 0.29) is 0 Å². The summed E-state index contributed by atoms with van der Waals surface area (Å²) in [5.41, 5.74) is 4.27. The molecule has 0 saturated carbocycles. The number of rotatable bonds is 22. The first-order valence-electron chi connectivity index (χ1n) is 18.7. The van der Waals surface area contributed by atoms with Gasteiger partial charge in [0.1, 0.15) is 11.4 Å². The summed E-state index contributed by atoms with van der Waals surface area (Å²) in [5, 5.41) is 0. The second-order valence-corrected chi connectivity index (χ2v) is 13.5. The summed E-state index contributed by atoms with van der Waals surface area (Å²) < 4.78 is 38.5. The zero-order chi connectivity index (χ0) is 33.2. The quantitative estimate of drug-likeness (QED) is 0.0993. The lowest BCUT2D eigenvalue weighted by Gasteiger charge is -2.36. The molecule has 0 bridgehead atoms. The van der Waals surface area contributed by atoms with Crippen molar-refractivity contribution in [1.82, 2.24) is 0 Å². The Morgan fingerprint density at radius 2 is 0.957 bits per heavy atom. The van der Waals surface area contributed by atoms with Gasteiger partial charge in [-0.15, -0.1) is 0 Å². The summed E-state index contributed by atoms with van der Waals surface area (Å²) in [6.07, 6.45) is 21.2. The maximum atomic E-state index is 16.2. The van der Waals surface area contributed by atoms with Gasteiger partial charge in [0.2, 0.25) is 0 Å². The van der Waals surface area contributed by atoms with Crippen LogP contribution in [0.5, 0.6) is 0 Å². The third kappa shape index (κ3) is 11.3. The topological polar surface area (TPSA) is 9.23 Å². The molecule has 47 heavy (non-hydrogen) atoms. The molecule has 4 rings (SSSR count). The maximum Gasteiger partial charge on any atom is 0.184 e. The van der Waals surface area contributed by atoms with Gasteiger partial charge < -0.3 is 4.74 Å². The fraction of sp³-hybridized carbons (Fsp3) is 0.500. The molecule has 2 atom stereocenters. The van der Waals surface area contributed by atoms with Crippen molar-refractivity contribution in [3.8, 4) is 22.3 Å². The molecular weight excluding hydrogens is 582 g/mol. The highest BCUT2D eigenvalue weighted by Gasteiger charge is 2.44. The van der Waals surface area contributed by atoms with Gasteiger partial charge in [-0.25, -0.2) is 8.78 Å². The van der Waals surface area contributed by atoms with Crippen LogP contribution in [0.3, 0.4) is 0 Å². The molecule has 0 aliphatic heterocycles. The van der Waals surface area contributed by atoms with Crippen molar-refractivity contribution in [3.05, 3.63) is 102 Å². The van der Waals surface area contributed by atoms with E-state index in [9.17, 15) is 0 Å². The lowest BCUT2D eigenvalue weighted by molar-refractivity contribution is -0.0652. The molecule has 1 aliphatic carbocycles. The third-order valence-electron chi connectivity index (χ3n) is 9.75. The summed E-state index contributed by atoms with van der Waals surface area (Å²) in [5.74, 6) is -0.706. The summed E-state index contributed by atoms with van der Waals surface area (Å²) in [6, 6.07) is 26.6. The molecule has 1 nitrogen and oxygen atoms in total. The van der Waals surface area contributed by atoms with Crippen molar-refractivity contribution in [2.75, 3.05) is 6.61 Å². The minimum atomic E-state index is -1.80. The van der Waals surface area contributed by atoms with E-state index in [1.165, 1.54) is 81.8 Å². The third-order valence-corrected chi connectivity index (χ3v) is 9.75. The van der Waals surface area contributed by atoms with Crippen LogP contribution in [0.2, 0.25) is 0 Å². The van der Waals surface area contributed by atoms with Gasteiger partial charge in [-0.3, -0.25) is 0 Å². The Kier molecular flexibility index (Phi) is 15.9. The normalized spacial score (nSPS) is 17.8. The number of benzene rings is 3. The first-order valence-corrected chi connectivity index (χ1v) is 18.7. The predicted molar refractivity (Wildman–Crippen MR) is 198 cm³/mol. The van der Waals surface area contributed by atoms with Gasteiger partial charge in [0.25, 0.3) is 0 Å². The number of alkyl halides is 1. The van der Waals surface area contributed by atoms with Crippen molar-refractivity contribution in [2.45, 2.75) is 135 Å². The number of unbranched alkanes of at least 4 members (excludes halogenated alkanes) is 14. The molecule has 3 aromatic carbocycles. The van der Waals surface area contributed by atoms with Crippen molar-refractivity contribution in [2.24, 2.45) is 0 Å². The molecule has 0 N–H and O–H groups in total. The summed E-state index contributed by atoms with van der Waals surface area (Å²) in [7, 11) is 0. The average Bonchev–Trinajstić information content (AvgIpc) is 3.11. The minimum absolute atomic E-state index is 0.324. The number of hydrogen-bond donors (Lipinski definition) is 0. The Morgan fingerprint density at radius 1 is 0.532 bits per heavy atom. The Hall–Kier alpha value is -3.04. The first kappa shape index (κ1) is 36.8. The molecule has 0 radical (unpaired) electrons. The first-order chi connectivity index (χ1) is 23.1. The highest BCUT2D eigenvalue weighted by atomic mass is 19.2. The van der Waals surface area contributed by atoms with Crippen molar-refractivity contribution in [1.29, 1.82) is 0 Å². The van der Waals surface area contributed by atoms with Crippen LogP contribution < -0.4 is 0 Å². The second kappa shape index (κ2) is 20.4. The number of allylic oxidation sites excluding steroid dienone is 2. The van der Waals surface area contributed by atoms with E-state index in [4.69, 9.17) is 4.74 Å². The zero-order valence-electron chi connectivity index (χ0n) is 29.1. The van der Waals surface area contributed by atoms with E-state index < -0.39 is 17.6 Å². The molecule has 0 fully saturated rings. The van der Waals surface area contributed by atoms with Crippen LogP contribution in [-0.2, 0) is 4.74 Å². The zero-order valence-corrected chi connectivity index (χ0v) is 29.1. The van der Waals surface area contributed by atoms with Gasteiger partial charge >= 0.3 is 0 Å². The SMILES string of the molecule is CCCCCCCCCCCCC1(OCCCCCCCC)C=CC(c2ccc(-c3ccc(-c4ccccc4)cc3)cc2)=C(F)C1F. The lowest BCUT2D eigenvalue weighted by atomic mass is 9.82. The molecule has 0 heterocycles. The van der Waals surface area contributed by atoms with Gasteiger partial charge in [-0.2, -0.15) is 0 Å². The van der Waals surface area contributed by atoms with Crippen LogP contribution in [-0.4, -0.2) is 18.4 Å². The molecule has 0 saturated heterocycles. The summed E-state index contributed by atoms with van der Waals surface area (Å²) in [6.45, 7) is 4.93. The van der Waals surface area contributed by atoms with Gasteiger partial charge in [0, 0.05) is 12.2 Å². The van der Waals surface area contributed by atoms with E-state index in [1.54, 1.807) is 6.08 Å². The highest BCUT2D eigenvalue weighted by molar-refractivity contribution is 5.80. The number of halogens is 2. The van der Waals surface area contributed by atoms with Crippen LogP contribution in [0.4, 0.5) is 8.78 Å². The van der Waals surface area contributed by atoms with Crippen LogP contribution in [0.1, 0.15) is 129 Å². The van der Waals surface area contributed by atoms with E-state index in [0.717, 1.165) is 43.2 Å². The van der Waals surface area contributed by atoms with Crippen molar-refractivity contribution >= 4 is 5.57 Å². The van der Waals surface area contributed by atoms with E-state index in [0.29, 0.717) is 24.2 Å². The smallest absolute Gasteiger partial charge is 0.184 e. The Labute approximate surface area is 284 Å². The number of ether oxygens (including phenoxy) is 1. The standard InChI is InChI=1S/C44H58F2O/c1-3-5-7-9-11-12-13-14-15-20-33-44(47-35-21-16-10-8-6-4-2)34-32-41(42(45)43(44)46)40-30-28-39(29-31-40)38-26-24-37(25-27-38)36-22-18-17-19-23-36/h17-19,22-32,34,43H,3-16,20-21,33,35H2,1-2H3. The molecule has 0 amide bonds. The second-order valence-electron chi connectivity index (χ2n) is 13.5. The fourth-order valence-electron chi connectivity index (χ4n) is 6.74. The van der Waals surface area contributed by atoms with Crippen LogP contribution >= 0.6 is 0 Å². The largest absolute Gasteiger partial charge is 0.367 e. The Balaban J connectivity index is 1.37. The maximum absolute atomic E-state index is 16.2. The Morgan fingerprint density at radius 3 is 1.47 bits per heavy atom. The monoisotopic (exact) mass is 640 g/mol. The lowest BCUT2D eigenvalue weighted by Crippen LogP contribution is -2.43. The van der Waals surface area contributed by atoms with Gasteiger partial charge in [-0.05, 0) is 46.7 Å². The number of hydrogen-bond acceptors (Lipinski definition) is 1. The highest BCUT2D eigenvalue weighted by Crippen LogP contribution is 2.41. The van der Waals surface area contributed by atoms with Crippen LogP contribution in [0.25, 0.3) is 27.8 Å². The van der Waals surface area contributed by atoms with E-state index in [1.807, 2.05) is 48.5 Å². The van der Waals surface area contributed by atoms with Gasteiger partial charge in [0.05, 0.1) is 0 Å². The molecule has 3 aromatic rings. The molecule has 0 aromatic heterocycles. The van der Waals surface area contributed by atoms with Crippen molar-refractivity contribution in [3.63, 3.8) is 0 Å². The summed E-state index contributed by atoms with van der Waals surface area (Å²) in [4.78, 5) is 0. The molecule has 0 spiro atoms. The molecular formula is C44H58F2O. The van der Waals surface area contributed by atoms with Gasteiger partial charge in [0.15, 0.2) is 6.17 Å². The minimum Gasteiger partial charge on any atom is -0.367 e. The predicted octanol–water partition coefficient (Wildman–Crippen LogP) is 14.0.